The van der Waals surface area contributed by atoms with Gasteiger partial charge in [-0.3, -0.25) is 9.69 Å². The number of halogens is 1. The number of nitrogens with one attached hydrogen (secondary N) is 2. The largest absolute Gasteiger partial charge is 0.353 e. The summed E-state index contributed by atoms with van der Waals surface area (Å²) in [4.78, 5) is 14.2. The second-order valence-corrected chi connectivity index (χ2v) is 5.62. The number of benzene rings is 1. The van der Waals surface area contributed by atoms with Gasteiger partial charge in [-0.05, 0) is 31.0 Å². The topological polar surface area (TPSA) is 44.4 Å². The van der Waals surface area contributed by atoms with E-state index in [0.717, 1.165) is 31.6 Å². The van der Waals surface area contributed by atoms with Crippen LogP contribution in [-0.4, -0.2) is 43.0 Å². The van der Waals surface area contributed by atoms with Gasteiger partial charge in [-0.25, -0.2) is 4.39 Å². The van der Waals surface area contributed by atoms with Gasteiger partial charge >= 0.3 is 0 Å². The van der Waals surface area contributed by atoms with Crippen molar-refractivity contribution in [1.29, 1.82) is 0 Å². The molecule has 1 aliphatic heterocycles. The van der Waals surface area contributed by atoms with Crippen LogP contribution in [0.1, 0.15) is 31.9 Å². The Balaban J connectivity index is 2.03. The molecule has 2 rings (SSSR count). The number of hydrogen-bond donors (Lipinski definition) is 2. The molecule has 1 heterocycles. The summed E-state index contributed by atoms with van der Waals surface area (Å²) in [6, 6.07) is 6.86. The smallest absolute Gasteiger partial charge is 0.234 e. The molecular formula is C16H24FN3O. The molecule has 5 heteroatoms. The van der Waals surface area contributed by atoms with Crippen molar-refractivity contribution < 1.29 is 9.18 Å². The summed E-state index contributed by atoms with van der Waals surface area (Å²) in [7, 11) is 0. The first kappa shape index (κ1) is 15.9. The number of amides is 1. The zero-order valence-corrected chi connectivity index (χ0v) is 12.7. The molecule has 0 radical (unpaired) electrons. The highest BCUT2D eigenvalue weighted by Gasteiger charge is 2.25. The number of carbonyl (C=O) groups is 1. The first-order chi connectivity index (χ1) is 10.1. The second-order valence-electron chi connectivity index (χ2n) is 5.62. The summed E-state index contributed by atoms with van der Waals surface area (Å²) in [5, 5.41) is 6.30. The van der Waals surface area contributed by atoms with Gasteiger partial charge in [-0.15, -0.1) is 0 Å². The van der Waals surface area contributed by atoms with Crippen LogP contribution in [0.15, 0.2) is 24.3 Å². The van der Waals surface area contributed by atoms with Crippen LogP contribution >= 0.6 is 0 Å². The highest BCUT2D eigenvalue weighted by Crippen LogP contribution is 2.22. The maximum absolute atomic E-state index is 13.4. The van der Waals surface area contributed by atoms with E-state index >= 15 is 0 Å². The van der Waals surface area contributed by atoms with E-state index < -0.39 is 0 Å². The lowest BCUT2D eigenvalue weighted by molar-refractivity contribution is -0.123. The van der Waals surface area contributed by atoms with Crippen molar-refractivity contribution in [3.63, 3.8) is 0 Å². The fourth-order valence-corrected chi connectivity index (χ4v) is 2.59. The summed E-state index contributed by atoms with van der Waals surface area (Å²) in [6.45, 7) is 6.77. The normalized spacial score (nSPS) is 21.0. The van der Waals surface area contributed by atoms with E-state index in [1.165, 1.54) is 6.07 Å². The van der Waals surface area contributed by atoms with Crippen LogP contribution in [0, 0.1) is 5.82 Å². The van der Waals surface area contributed by atoms with Crippen LogP contribution in [0.3, 0.4) is 0 Å². The first-order valence-electron chi connectivity index (χ1n) is 7.59. The summed E-state index contributed by atoms with van der Waals surface area (Å²) < 4.78 is 13.4. The van der Waals surface area contributed by atoms with Crippen molar-refractivity contribution >= 4 is 5.91 Å². The molecule has 0 bridgehead atoms. The average Bonchev–Trinajstić information content (AvgIpc) is 2.47. The van der Waals surface area contributed by atoms with Gasteiger partial charge in [-0.2, -0.15) is 0 Å². The van der Waals surface area contributed by atoms with E-state index in [9.17, 15) is 9.18 Å². The molecule has 1 amide bonds. The van der Waals surface area contributed by atoms with Gasteiger partial charge in [-0.1, -0.05) is 19.1 Å². The summed E-state index contributed by atoms with van der Waals surface area (Å²) in [5.74, 6) is -0.199. The van der Waals surface area contributed by atoms with E-state index in [-0.39, 0.29) is 23.8 Å². The third-order valence-electron chi connectivity index (χ3n) is 3.95. The Bertz CT molecular complexity index is 480. The van der Waals surface area contributed by atoms with Crippen LogP contribution in [-0.2, 0) is 4.79 Å². The van der Waals surface area contributed by atoms with E-state index in [2.05, 4.69) is 15.5 Å². The molecule has 1 fully saturated rings. The van der Waals surface area contributed by atoms with Gasteiger partial charge in [0.15, 0.2) is 0 Å². The molecule has 116 valence electrons. The predicted octanol–water partition coefficient (Wildman–Crippen LogP) is 1.69. The molecule has 1 aromatic carbocycles. The molecule has 2 unspecified atom stereocenters. The number of rotatable bonds is 5. The van der Waals surface area contributed by atoms with Crippen LogP contribution in [0.4, 0.5) is 4.39 Å². The minimum absolute atomic E-state index is 0.0349. The van der Waals surface area contributed by atoms with Crippen LogP contribution in [0.2, 0.25) is 0 Å². The molecule has 0 aromatic heterocycles. The monoisotopic (exact) mass is 293 g/mol. The molecule has 2 atom stereocenters. The fourth-order valence-electron chi connectivity index (χ4n) is 2.59. The van der Waals surface area contributed by atoms with Crippen LogP contribution in [0.5, 0.6) is 0 Å². The first-order valence-corrected chi connectivity index (χ1v) is 7.59. The Morgan fingerprint density at radius 2 is 2.38 bits per heavy atom. The van der Waals surface area contributed by atoms with Gasteiger partial charge in [0.05, 0.1) is 6.54 Å². The Kier molecular flexibility index (Phi) is 5.70. The predicted molar refractivity (Wildman–Crippen MR) is 81.5 cm³/mol. The van der Waals surface area contributed by atoms with Crippen molar-refractivity contribution in [2.75, 3.05) is 26.2 Å². The van der Waals surface area contributed by atoms with E-state index in [4.69, 9.17) is 0 Å². The molecular weight excluding hydrogens is 269 g/mol. The SMILES string of the molecule is CCC(C)NC(=O)CN1CCNCC1c1cccc(F)c1. The zero-order chi connectivity index (χ0) is 15.2. The summed E-state index contributed by atoms with van der Waals surface area (Å²) in [6.07, 6.45) is 0.917. The number of hydrogen-bond acceptors (Lipinski definition) is 3. The highest BCUT2D eigenvalue weighted by atomic mass is 19.1. The maximum atomic E-state index is 13.4. The molecule has 1 saturated heterocycles. The van der Waals surface area contributed by atoms with Gasteiger partial charge in [0.25, 0.3) is 0 Å². The lowest BCUT2D eigenvalue weighted by atomic mass is 10.0. The summed E-state index contributed by atoms with van der Waals surface area (Å²) in [5.41, 5.74) is 0.915. The Labute approximate surface area is 125 Å². The Morgan fingerprint density at radius 1 is 1.57 bits per heavy atom. The van der Waals surface area contributed by atoms with Crippen molar-refractivity contribution in [3.05, 3.63) is 35.6 Å². The van der Waals surface area contributed by atoms with Gasteiger partial charge < -0.3 is 10.6 Å². The van der Waals surface area contributed by atoms with Crippen molar-refractivity contribution in [3.8, 4) is 0 Å². The highest BCUT2D eigenvalue weighted by molar-refractivity contribution is 5.78. The zero-order valence-electron chi connectivity index (χ0n) is 12.7. The fraction of sp³-hybridized carbons (Fsp3) is 0.562. The Morgan fingerprint density at radius 3 is 3.10 bits per heavy atom. The van der Waals surface area contributed by atoms with Crippen molar-refractivity contribution in [2.45, 2.75) is 32.4 Å². The lowest BCUT2D eigenvalue weighted by Gasteiger charge is -2.36. The minimum atomic E-state index is -0.234. The Hall–Kier alpha value is -1.46. The third kappa shape index (κ3) is 4.51. The molecule has 0 saturated carbocycles. The van der Waals surface area contributed by atoms with E-state index in [1.54, 1.807) is 12.1 Å². The molecule has 0 aliphatic carbocycles. The third-order valence-corrected chi connectivity index (χ3v) is 3.95. The number of nitrogens with zero attached hydrogens (tertiary/aromatic N) is 1. The molecule has 4 nitrogen and oxygen atoms in total. The molecule has 2 N–H and O–H groups in total. The lowest BCUT2D eigenvalue weighted by Crippen LogP contribution is -2.50. The van der Waals surface area contributed by atoms with Gasteiger partial charge in [0.2, 0.25) is 5.91 Å². The average molecular weight is 293 g/mol. The number of piperazine rings is 1. The van der Waals surface area contributed by atoms with Gasteiger partial charge in [0.1, 0.15) is 5.82 Å². The van der Waals surface area contributed by atoms with Gasteiger partial charge in [0, 0.05) is 31.7 Å². The second kappa shape index (κ2) is 7.52. The van der Waals surface area contributed by atoms with Crippen LogP contribution < -0.4 is 10.6 Å². The van der Waals surface area contributed by atoms with Crippen molar-refractivity contribution in [2.24, 2.45) is 0 Å². The number of carbonyl (C=O) groups excluding carboxylic acids is 1. The molecule has 1 aromatic rings. The molecule has 1 aliphatic rings. The standard InChI is InChI=1S/C16H24FN3O/c1-3-12(2)19-16(21)11-20-8-7-18-10-15(20)13-5-4-6-14(17)9-13/h4-6,9,12,15,18H,3,7-8,10-11H2,1-2H3,(H,19,21). The van der Waals surface area contributed by atoms with E-state index in [1.807, 2.05) is 19.9 Å². The van der Waals surface area contributed by atoms with E-state index in [0.29, 0.717) is 6.54 Å². The summed E-state index contributed by atoms with van der Waals surface area (Å²) >= 11 is 0. The molecule has 21 heavy (non-hydrogen) atoms. The molecule has 0 spiro atoms. The minimum Gasteiger partial charge on any atom is -0.353 e. The van der Waals surface area contributed by atoms with Crippen LogP contribution in [0.25, 0.3) is 0 Å². The van der Waals surface area contributed by atoms with Crippen molar-refractivity contribution in [1.82, 2.24) is 15.5 Å². The quantitative estimate of drug-likeness (QED) is 0.868. The maximum Gasteiger partial charge on any atom is 0.234 e.